The third kappa shape index (κ3) is 4.17. The molecule has 0 aliphatic heterocycles. The SMILES string of the molecule is Cc1cccc(C)c1NC(=O)c1cnc(NCc2ccncc2)cn1. The summed E-state index contributed by atoms with van der Waals surface area (Å²) in [7, 11) is 0. The standard InChI is InChI=1S/C19H19N5O/c1-13-4-3-5-14(2)18(13)24-19(25)16-11-23-17(12-21-16)22-10-15-6-8-20-9-7-15/h3-9,11-12H,10H2,1-2H3,(H,22,23)(H,24,25). The third-order valence-electron chi connectivity index (χ3n) is 3.83. The first-order valence-electron chi connectivity index (χ1n) is 7.96. The molecule has 0 fully saturated rings. The van der Waals surface area contributed by atoms with Gasteiger partial charge in [-0.05, 0) is 42.7 Å². The predicted molar refractivity (Wildman–Crippen MR) is 97.5 cm³/mol. The molecule has 2 heterocycles. The molecule has 2 aromatic heterocycles. The van der Waals surface area contributed by atoms with Crippen molar-refractivity contribution in [3.63, 3.8) is 0 Å². The molecule has 0 atom stereocenters. The number of amides is 1. The number of carbonyl (C=O) groups excluding carboxylic acids is 1. The van der Waals surface area contributed by atoms with Crippen molar-refractivity contribution in [3.05, 3.63) is 77.5 Å². The second-order valence-electron chi connectivity index (χ2n) is 5.72. The van der Waals surface area contributed by atoms with Crippen molar-refractivity contribution in [2.45, 2.75) is 20.4 Å². The van der Waals surface area contributed by atoms with Gasteiger partial charge in [0.05, 0.1) is 12.4 Å². The lowest BCUT2D eigenvalue weighted by Gasteiger charge is -2.11. The third-order valence-corrected chi connectivity index (χ3v) is 3.83. The molecule has 0 unspecified atom stereocenters. The van der Waals surface area contributed by atoms with Crippen molar-refractivity contribution in [1.29, 1.82) is 0 Å². The van der Waals surface area contributed by atoms with Crippen LogP contribution < -0.4 is 10.6 Å². The maximum Gasteiger partial charge on any atom is 0.275 e. The van der Waals surface area contributed by atoms with Crippen LogP contribution in [0.3, 0.4) is 0 Å². The summed E-state index contributed by atoms with van der Waals surface area (Å²) in [6.45, 7) is 4.53. The number of nitrogens with zero attached hydrogens (tertiary/aromatic N) is 3. The lowest BCUT2D eigenvalue weighted by Crippen LogP contribution is -2.16. The molecule has 6 nitrogen and oxygen atoms in total. The fraction of sp³-hybridized carbons (Fsp3) is 0.158. The Morgan fingerprint density at radius 2 is 1.72 bits per heavy atom. The van der Waals surface area contributed by atoms with E-state index in [2.05, 4.69) is 25.6 Å². The van der Waals surface area contributed by atoms with Gasteiger partial charge in [0.25, 0.3) is 5.91 Å². The van der Waals surface area contributed by atoms with E-state index in [1.54, 1.807) is 18.6 Å². The minimum absolute atomic E-state index is 0.273. The highest BCUT2D eigenvalue weighted by atomic mass is 16.1. The molecule has 6 heteroatoms. The lowest BCUT2D eigenvalue weighted by atomic mass is 10.1. The van der Waals surface area contributed by atoms with E-state index in [1.807, 2.05) is 44.2 Å². The second kappa shape index (κ2) is 7.53. The van der Waals surface area contributed by atoms with Gasteiger partial charge in [-0.3, -0.25) is 9.78 Å². The van der Waals surface area contributed by atoms with E-state index in [0.29, 0.717) is 12.4 Å². The molecule has 1 amide bonds. The van der Waals surface area contributed by atoms with Gasteiger partial charge in [-0.15, -0.1) is 0 Å². The highest BCUT2D eigenvalue weighted by Gasteiger charge is 2.11. The van der Waals surface area contributed by atoms with E-state index in [9.17, 15) is 4.79 Å². The Hall–Kier alpha value is -3.28. The number of benzene rings is 1. The first kappa shape index (κ1) is 16.6. The molecule has 2 N–H and O–H groups in total. The first-order valence-corrected chi connectivity index (χ1v) is 7.96. The van der Waals surface area contributed by atoms with Crippen molar-refractivity contribution in [2.24, 2.45) is 0 Å². The van der Waals surface area contributed by atoms with Gasteiger partial charge in [-0.1, -0.05) is 18.2 Å². The van der Waals surface area contributed by atoms with Gasteiger partial charge < -0.3 is 10.6 Å². The highest BCUT2D eigenvalue weighted by Crippen LogP contribution is 2.20. The first-order chi connectivity index (χ1) is 12.1. The number of hydrogen-bond acceptors (Lipinski definition) is 5. The van der Waals surface area contributed by atoms with Crippen molar-refractivity contribution < 1.29 is 4.79 Å². The van der Waals surface area contributed by atoms with Gasteiger partial charge in [0.2, 0.25) is 0 Å². The molecule has 0 aliphatic rings. The summed E-state index contributed by atoms with van der Waals surface area (Å²) < 4.78 is 0. The van der Waals surface area contributed by atoms with Crippen molar-refractivity contribution in [1.82, 2.24) is 15.0 Å². The summed E-state index contributed by atoms with van der Waals surface area (Å²) in [6.07, 6.45) is 6.51. The number of para-hydroxylation sites is 1. The molecule has 126 valence electrons. The predicted octanol–water partition coefficient (Wildman–Crippen LogP) is 3.35. The van der Waals surface area contributed by atoms with E-state index in [-0.39, 0.29) is 11.6 Å². The highest BCUT2D eigenvalue weighted by molar-refractivity contribution is 6.03. The Balaban J connectivity index is 1.64. The summed E-state index contributed by atoms with van der Waals surface area (Å²) in [6, 6.07) is 9.73. The van der Waals surface area contributed by atoms with Gasteiger partial charge in [0.15, 0.2) is 0 Å². The fourth-order valence-electron chi connectivity index (χ4n) is 2.42. The Labute approximate surface area is 146 Å². The van der Waals surface area contributed by atoms with E-state index in [4.69, 9.17) is 0 Å². The van der Waals surface area contributed by atoms with Gasteiger partial charge in [0, 0.05) is 24.6 Å². The largest absolute Gasteiger partial charge is 0.365 e. The molecule has 0 saturated heterocycles. The van der Waals surface area contributed by atoms with Crippen LogP contribution in [-0.4, -0.2) is 20.9 Å². The Morgan fingerprint density at radius 1 is 1.00 bits per heavy atom. The van der Waals surface area contributed by atoms with Crippen LogP contribution in [0.2, 0.25) is 0 Å². The molecule has 3 rings (SSSR count). The van der Waals surface area contributed by atoms with Crippen LogP contribution >= 0.6 is 0 Å². The zero-order valence-electron chi connectivity index (χ0n) is 14.2. The maximum atomic E-state index is 12.4. The van der Waals surface area contributed by atoms with Crippen molar-refractivity contribution in [2.75, 3.05) is 10.6 Å². The molecule has 0 aliphatic carbocycles. The van der Waals surface area contributed by atoms with Gasteiger partial charge in [-0.25, -0.2) is 9.97 Å². The number of pyridine rings is 1. The molecular formula is C19H19N5O. The fourth-order valence-corrected chi connectivity index (χ4v) is 2.42. The lowest BCUT2D eigenvalue weighted by molar-refractivity contribution is 0.102. The smallest absolute Gasteiger partial charge is 0.275 e. The van der Waals surface area contributed by atoms with Gasteiger partial charge in [-0.2, -0.15) is 0 Å². The molecule has 1 aromatic carbocycles. The number of carbonyl (C=O) groups is 1. The maximum absolute atomic E-state index is 12.4. The molecular weight excluding hydrogens is 314 g/mol. The van der Waals surface area contributed by atoms with Crippen molar-refractivity contribution in [3.8, 4) is 0 Å². The van der Waals surface area contributed by atoms with Crippen LogP contribution in [0.15, 0.2) is 55.1 Å². The normalized spacial score (nSPS) is 10.3. The number of hydrogen-bond donors (Lipinski definition) is 2. The number of nitrogens with one attached hydrogen (secondary N) is 2. The minimum atomic E-state index is -0.273. The Bertz CT molecular complexity index is 842. The number of rotatable bonds is 5. The number of aromatic nitrogens is 3. The van der Waals surface area contributed by atoms with E-state index in [0.717, 1.165) is 22.4 Å². The zero-order valence-corrected chi connectivity index (χ0v) is 14.2. The van der Waals surface area contributed by atoms with Gasteiger partial charge in [0.1, 0.15) is 11.5 Å². The average molecular weight is 333 g/mol. The zero-order chi connectivity index (χ0) is 17.6. The quantitative estimate of drug-likeness (QED) is 0.748. The topological polar surface area (TPSA) is 79.8 Å². The van der Waals surface area contributed by atoms with Crippen LogP contribution in [0.4, 0.5) is 11.5 Å². The number of aryl methyl sites for hydroxylation is 2. The molecule has 0 radical (unpaired) electrons. The van der Waals surface area contributed by atoms with Gasteiger partial charge >= 0.3 is 0 Å². The van der Waals surface area contributed by atoms with Crippen LogP contribution in [-0.2, 0) is 6.54 Å². The summed E-state index contributed by atoms with van der Waals surface area (Å²) in [5.74, 6) is 0.339. The second-order valence-corrected chi connectivity index (χ2v) is 5.72. The summed E-state index contributed by atoms with van der Waals surface area (Å²) in [4.78, 5) is 24.8. The van der Waals surface area contributed by atoms with Crippen LogP contribution in [0, 0.1) is 13.8 Å². The number of anilines is 2. The average Bonchev–Trinajstić information content (AvgIpc) is 2.64. The molecule has 25 heavy (non-hydrogen) atoms. The minimum Gasteiger partial charge on any atom is -0.365 e. The molecule has 3 aromatic rings. The molecule has 0 bridgehead atoms. The van der Waals surface area contributed by atoms with Crippen LogP contribution in [0.5, 0.6) is 0 Å². The Morgan fingerprint density at radius 3 is 2.36 bits per heavy atom. The summed E-state index contributed by atoms with van der Waals surface area (Å²) in [5, 5.41) is 6.07. The van der Waals surface area contributed by atoms with E-state index < -0.39 is 0 Å². The summed E-state index contributed by atoms with van der Waals surface area (Å²) in [5.41, 5.74) is 4.20. The monoisotopic (exact) mass is 333 g/mol. The van der Waals surface area contributed by atoms with E-state index in [1.165, 1.54) is 6.20 Å². The Kier molecular flexibility index (Phi) is 4.99. The molecule has 0 spiro atoms. The van der Waals surface area contributed by atoms with Crippen LogP contribution in [0.25, 0.3) is 0 Å². The van der Waals surface area contributed by atoms with Crippen LogP contribution in [0.1, 0.15) is 27.2 Å². The summed E-state index contributed by atoms with van der Waals surface area (Å²) >= 11 is 0. The van der Waals surface area contributed by atoms with E-state index >= 15 is 0 Å². The molecule has 0 saturated carbocycles. The van der Waals surface area contributed by atoms with Crippen molar-refractivity contribution >= 4 is 17.4 Å².